The maximum Gasteiger partial charge on any atom is 0.338 e. The Morgan fingerprint density at radius 1 is 1.03 bits per heavy atom. The van der Waals surface area contributed by atoms with Gasteiger partial charge in [-0.05, 0) is 56.0 Å². The first kappa shape index (κ1) is 27.4. The molecule has 0 heterocycles. The fourth-order valence-corrected chi connectivity index (χ4v) is 4.63. The molecule has 1 saturated carbocycles. The molecule has 194 valence electrons. The lowest BCUT2D eigenvalue weighted by molar-refractivity contribution is -0.139. The molecule has 0 spiro atoms. The zero-order chi connectivity index (χ0) is 26.3. The Balaban J connectivity index is 1.77. The lowest BCUT2D eigenvalue weighted by Crippen LogP contribution is -2.30. The summed E-state index contributed by atoms with van der Waals surface area (Å²) in [5.41, 5.74) is 1.78. The largest absolute Gasteiger partial charge is 0.512 e. The van der Waals surface area contributed by atoms with Crippen LogP contribution in [-0.2, 0) is 14.3 Å². The Morgan fingerprint density at radius 3 is 2.28 bits per heavy atom. The second-order valence-corrected chi connectivity index (χ2v) is 9.92. The third kappa shape index (κ3) is 7.18. The fraction of sp³-hybridized carbons (Fsp3) is 0.448. The quantitative estimate of drug-likeness (QED) is 0.282. The first-order valence-electron chi connectivity index (χ1n) is 12.4. The van der Waals surface area contributed by atoms with E-state index in [4.69, 9.17) is 9.47 Å². The van der Waals surface area contributed by atoms with E-state index < -0.39 is 41.6 Å². The summed E-state index contributed by atoms with van der Waals surface area (Å²) < 4.78 is 11.5. The molecule has 0 aromatic heterocycles. The van der Waals surface area contributed by atoms with Gasteiger partial charge in [0.1, 0.15) is 6.10 Å². The van der Waals surface area contributed by atoms with Crippen molar-refractivity contribution in [3.63, 3.8) is 0 Å². The van der Waals surface area contributed by atoms with Gasteiger partial charge < -0.3 is 24.8 Å². The van der Waals surface area contributed by atoms with E-state index in [-0.39, 0.29) is 18.6 Å². The molecule has 0 radical (unpaired) electrons. The molecule has 0 aliphatic heterocycles. The first-order chi connectivity index (χ1) is 17.1. The number of carboxylic acids is 1. The molecule has 3 N–H and O–H groups in total. The van der Waals surface area contributed by atoms with Crippen LogP contribution in [0, 0.1) is 11.8 Å². The number of esters is 1. The van der Waals surface area contributed by atoms with Crippen molar-refractivity contribution in [2.24, 2.45) is 11.8 Å². The van der Waals surface area contributed by atoms with Crippen LogP contribution in [0.5, 0.6) is 0 Å². The summed E-state index contributed by atoms with van der Waals surface area (Å²) in [6, 6.07) is 16.8. The third-order valence-electron chi connectivity index (χ3n) is 6.57. The molecular weight excluding hydrogens is 460 g/mol. The number of aliphatic hydroxyl groups excluding tert-OH is 2. The Labute approximate surface area is 212 Å². The van der Waals surface area contributed by atoms with Gasteiger partial charge in [-0.25, -0.2) is 4.79 Å². The standard InChI is InChI=1S/C29H36O7/c1-4-16-35-29(2,3)15-14-23(30)27-22(17-26(32)33)24(31)18-25(27)36-28(34)21-12-10-20(11-13-21)19-8-6-5-7-9-19/h5-14,22,24-25,27,30-31H,4,15-18H2,1-3H3,(H,32,33)/t22-,24-,25+,27-/m0/s1. The number of carboxylic acid groups (broad SMARTS) is 1. The minimum atomic E-state index is -1.09. The van der Waals surface area contributed by atoms with Gasteiger partial charge in [0.15, 0.2) is 0 Å². The monoisotopic (exact) mass is 496 g/mol. The predicted octanol–water partition coefficient (Wildman–Crippen LogP) is 5.39. The summed E-state index contributed by atoms with van der Waals surface area (Å²) in [7, 11) is 0. The smallest absolute Gasteiger partial charge is 0.338 e. The molecule has 7 nitrogen and oxygen atoms in total. The normalized spacial score (nSPS) is 22.4. The zero-order valence-electron chi connectivity index (χ0n) is 21.1. The molecule has 3 rings (SSSR count). The molecule has 0 amide bonds. The topological polar surface area (TPSA) is 113 Å². The molecule has 1 aliphatic rings. The van der Waals surface area contributed by atoms with Gasteiger partial charge >= 0.3 is 11.9 Å². The molecule has 2 aromatic carbocycles. The summed E-state index contributed by atoms with van der Waals surface area (Å²) in [5.74, 6) is -3.38. The number of aliphatic hydroxyl groups is 2. The molecule has 7 heteroatoms. The van der Waals surface area contributed by atoms with E-state index in [1.807, 2.05) is 63.2 Å². The number of aliphatic carboxylic acids is 1. The minimum Gasteiger partial charge on any atom is -0.512 e. The number of rotatable bonds is 11. The number of carbonyl (C=O) groups excluding carboxylic acids is 1. The number of ether oxygens (including phenoxy) is 2. The second kappa shape index (κ2) is 12.2. The van der Waals surface area contributed by atoms with Crippen LogP contribution in [0.1, 0.15) is 56.8 Å². The molecule has 36 heavy (non-hydrogen) atoms. The van der Waals surface area contributed by atoms with Gasteiger partial charge in [0.25, 0.3) is 0 Å². The summed E-state index contributed by atoms with van der Waals surface area (Å²) in [4.78, 5) is 24.4. The van der Waals surface area contributed by atoms with Crippen molar-refractivity contribution in [3.8, 4) is 11.1 Å². The predicted molar refractivity (Wildman–Crippen MR) is 137 cm³/mol. The van der Waals surface area contributed by atoms with Crippen molar-refractivity contribution < 1.29 is 34.4 Å². The van der Waals surface area contributed by atoms with E-state index in [0.29, 0.717) is 18.6 Å². The Morgan fingerprint density at radius 2 is 1.67 bits per heavy atom. The summed E-state index contributed by atoms with van der Waals surface area (Å²) in [6.07, 6.45) is 0.642. The molecule has 0 bridgehead atoms. The van der Waals surface area contributed by atoms with Gasteiger partial charge in [0.2, 0.25) is 0 Å². The lowest BCUT2D eigenvalue weighted by Gasteiger charge is -2.27. The van der Waals surface area contributed by atoms with E-state index in [1.54, 1.807) is 18.2 Å². The second-order valence-electron chi connectivity index (χ2n) is 9.92. The molecule has 1 aliphatic carbocycles. The highest BCUT2D eigenvalue weighted by molar-refractivity contribution is 5.90. The third-order valence-corrected chi connectivity index (χ3v) is 6.57. The molecular formula is C29H36O7. The van der Waals surface area contributed by atoms with Crippen molar-refractivity contribution >= 4 is 11.9 Å². The van der Waals surface area contributed by atoms with E-state index in [2.05, 4.69) is 0 Å². The maximum atomic E-state index is 12.9. The summed E-state index contributed by atoms with van der Waals surface area (Å²) in [6.45, 7) is 6.39. The number of hydrogen-bond acceptors (Lipinski definition) is 6. The van der Waals surface area contributed by atoms with Crippen LogP contribution in [0.3, 0.4) is 0 Å². The first-order valence-corrected chi connectivity index (χ1v) is 12.4. The fourth-order valence-electron chi connectivity index (χ4n) is 4.63. The zero-order valence-corrected chi connectivity index (χ0v) is 21.1. The highest BCUT2D eigenvalue weighted by Gasteiger charge is 2.47. The number of carbonyl (C=O) groups is 2. The summed E-state index contributed by atoms with van der Waals surface area (Å²) in [5, 5.41) is 30.9. The van der Waals surface area contributed by atoms with E-state index >= 15 is 0 Å². The van der Waals surface area contributed by atoms with E-state index in [1.165, 1.54) is 0 Å². The van der Waals surface area contributed by atoms with Gasteiger partial charge in [-0.1, -0.05) is 49.4 Å². The Hall–Kier alpha value is -3.16. The van der Waals surface area contributed by atoms with Crippen LogP contribution in [0.2, 0.25) is 0 Å². The lowest BCUT2D eigenvalue weighted by atomic mass is 9.88. The number of hydrogen-bond donors (Lipinski definition) is 3. The van der Waals surface area contributed by atoms with Crippen LogP contribution in [0.25, 0.3) is 11.1 Å². The Kier molecular flexibility index (Phi) is 9.29. The van der Waals surface area contributed by atoms with E-state index in [9.17, 15) is 24.9 Å². The molecule has 4 atom stereocenters. The van der Waals surface area contributed by atoms with Crippen molar-refractivity contribution in [2.75, 3.05) is 6.61 Å². The highest BCUT2D eigenvalue weighted by atomic mass is 16.5. The minimum absolute atomic E-state index is 0.0457. The average Bonchev–Trinajstić information content (AvgIpc) is 3.15. The van der Waals surface area contributed by atoms with E-state index in [0.717, 1.165) is 17.5 Å². The van der Waals surface area contributed by atoms with Crippen molar-refractivity contribution in [1.29, 1.82) is 0 Å². The van der Waals surface area contributed by atoms with Gasteiger partial charge in [-0.3, -0.25) is 4.79 Å². The average molecular weight is 497 g/mol. The van der Waals surface area contributed by atoms with Crippen LogP contribution < -0.4 is 0 Å². The maximum absolute atomic E-state index is 12.9. The molecule has 1 fully saturated rings. The SMILES string of the molecule is CCCOC(C)(C)CC=C(O)[C@@H]1[C@@H](CC(=O)O)[C@@H](O)C[C@H]1OC(=O)c1ccc(-c2ccccc2)cc1. The highest BCUT2D eigenvalue weighted by Crippen LogP contribution is 2.41. The van der Waals surface area contributed by atoms with Gasteiger partial charge in [-0.15, -0.1) is 0 Å². The van der Waals surface area contributed by atoms with Crippen molar-refractivity contribution in [3.05, 3.63) is 72.0 Å². The van der Waals surface area contributed by atoms with Crippen LogP contribution in [-0.4, -0.2) is 51.7 Å². The van der Waals surface area contributed by atoms with Crippen LogP contribution in [0.4, 0.5) is 0 Å². The van der Waals surface area contributed by atoms with Gasteiger partial charge in [0.05, 0.1) is 35.4 Å². The van der Waals surface area contributed by atoms with Gasteiger partial charge in [0, 0.05) is 18.9 Å². The van der Waals surface area contributed by atoms with Gasteiger partial charge in [-0.2, -0.15) is 0 Å². The molecule has 0 saturated heterocycles. The van der Waals surface area contributed by atoms with Crippen molar-refractivity contribution in [1.82, 2.24) is 0 Å². The molecule has 2 aromatic rings. The number of benzene rings is 2. The van der Waals surface area contributed by atoms with Crippen molar-refractivity contribution in [2.45, 2.75) is 64.3 Å². The Bertz CT molecular complexity index is 1040. The van der Waals surface area contributed by atoms with Crippen LogP contribution in [0.15, 0.2) is 66.4 Å². The van der Waals surface area contributed by atoms with Crippen LogP contribution >= 0.6 is 0 Å². The summed E-state index contributed by atoms with van der Waals surface area (Å²) >= 11 is 0. The molecule has 0 unspecified atom stereocenters.